The van der Waals surface area contributed by atoms with Crippen LogP contribution in [0, 0.1) is 0 Å². The monoisotopic (exact) mass is 785 g/mol. The number of benzene rings is 2. The van der Waals surface area contributed by atoms with Gasteiger partial charge in [0.05, 0.1) is 0 Å². The first-order valence-corrected chi connectivity index (χ1v) is 25.6. The standard InChI is InChI=1S/C46H80O6Si2/c1-8-14-20-34-47-53(48-35-21-15-9-2,49-36-22-16-10-3)45-30-26-43(27-31-45)40-42(7)41-44-28-32-46(33-29-44)54(50-37-23-17-11-4,51-38-24-18-12-5)52-39-25-19-13-6/h26-33H,7-25,34-41H2,1-6H3. The van der Waals surface area contributed by atoms with E-state index >= 15 is 0 Å². The zero-order valence-corrected chi connectivity index (χ0v) is 37.7. The van der Waals surface area contributed by atoms with Gasteiger partial charge in [0.25, 0.3) is 0 Å². The van der Waals surface area contributed by atoms with Gasteiger partial charge in [-0.2, -0.15) is 0 Å². The molecule has 308 valence electrons. The van der Waals surface area contributed by atoms with E-state index in [1.165, 1.54) is 16.7 Å². The molecule has 0 aliphatic rings. The van der Waals surface area contributed by atoms with Crippen LogP contribution in [0.1, 0.15) is 168 Å². The van der Waals surface area contributed by atoms with Gasteiger partial charge in [-0.3, -0.25) is 0 Å². The Morgan fingerprint density at radius 1 is 0.370 bits per heavy atom. The van der Waals surface area contributed by atoms with E-state index in [1.54, 1.807) is 0 Å². The van der Waals surface area contributed by atoms with Crippen molar-refractivity contribution in [2.24, 2.45) is 0 Å². The van der Waals surface area contributed by atoms with Gasteiger partial charge in [-0.25, -0.2) is 0 Å². The fraction of sp³-hybridized carbons (Fsp3) is 0.696. The average molecular weight is 785 g/mol. The Hall–Kier alpha value is -1.63. The molecule has 8 heteroatoms. The molecule has 0 aliphatic carbocycles. The summed E-state index contributed by atoms with van der Waals surface area (Å²) in [5.74, 6) is 0. The molecule has 0 radical (unpaired) electrons. The van der Waals surface area contributed by atoms with Crippen molar-refractivity contribution in [1.29, 1.82) is 0 Å². The first-order chi connectivity index (χ1) is 26.4. The van der Waals surface area contributed by atoms with E-state index in [4.69, 9.17) is 26.6 Å². The van der Waals surface area contributed by atoms with Crippen LogP contribution in [0.15, 0.2) is 60.7 Å². The normalized spacial score (nSPS) is 12.1. The molecule has 0 bridgehead atoms. The van der Waals surface area contributed by atoms with Crippen LogP contribution < -0.4 is 10.4 Å². The van der Waals surface area contributed by atoms with Gasteiger partial charge >= 0.3 is 17.6 Å². The second-order valence-corrected chi connectivity index (χ2v) is 20.1. The van der Waals surface area contributed by atoms with Gasteiger partial charge in [-0.15, -0.1) is 0 Å². The number of hydrogen-bond acceptors (Lipinski definition) is 6. The molecule has 0 atom stereocenters. The van der Waals surface area contributed by atoms with Gasteiger partial charge in [-0.05, 0) is 62.5 Å². The predicted molar refractivity (Wildman–Crippen MR) is 233 cm³/mol. The molecule has 2 aromatic rings. The third-order valence-corrected chi connectivity index (χ3v) is 15.3. The number of hydrogen-bond donors (Lipinski definition) is 0. The Labute approximate surface area is 334 Å². The van der Waals surface area contributed by atoms with Crippen LogP contribution in [0.25, 0.3) is 0 Å². The van der Waals surface area contributed by atoms with Crippen molar-refractivity contribution in [1.82, 2.24) is 0 Å². The van der Waals surface area contributed by atoms with E-state index in [2.05, 4.69) is 96.7 Å². The molecule has 0 fully saturated rings. The zero-order chi connectivity index (χ0) is 39.2. The first kappa shape index (κ1) is 48.5. The topological polar surface area (TPSA) is 55.4 Å². The van der Waals surface area contributed by atoms with Gasteiger partial charge in [0.15, 0.2) is 0 Å². The van der Waals surface area contributed by atoms with E-state index in [0.717, 1.165) is 139 Å². The first-order valence-electron chi connectivity index (χ1n) is 22.1. The Morgan fingerprint density at radius 3 is 0.796 bits per heavy atom. The molecule has 0 unspecified atom stereocenters. The molecule has 0 N–H and O–H groups in total. The third kappa shape index (κ3) is 19.0. The molecule has 0 saturated carbocycles. The Kier molecular flexibility index (Phi) is 27.4. The number of rotatable bonds is 36. The van der Waals surface area contributed by atoms with Crippen LogP contribution in [0.3, 0.4) is 0 Å². The van der Waals surface area contributed by atoms with Crippen LogP contribution in [-0.4, -0.2) is 57.3 Å². The van der Waals surface area contributed by atoms with Crippen molar-refractivity contribution in [2.45, 2.75) is 170 Å². The molecule has 0 aliphatic heterocycles. The van der Waals surface area contributed by atoms with Crippen LogP contribution in [0.4, 0.5) is 0 Å². The second kappa shape index (κ2) is 30.5. The van der Waals surface area contributed by atoms with Crippen molar-refractivity contribution in [3.05, 3.63) is 71.8 Å². The maximum atomic E-state index is 6.66. The van der Waals surface area contributed by atoms with Gasteiger partial charge in [0.1, 0.15) is 0 Å². The average Bonchev–Trinajstić information content (AvgIpc) is 3.18. The summed E-state index contributed by atoms with van der Waals surface area (Å²) < 4.78 is 40.0. The highest BCUT2D eigenvalue weighted by atomic mass is 28.4. The minimum Gasteiger partial charge on any atom is -0.370 e. The maximum Gasteiger partial charge on any atom is 0.537 e. The molecule has 0 spiro atoms. The Bertz CT molecular complexity index is 1030. The molecule has 2 rings (SSSR count). The predicted octanol–water partition coefficient (Wildman–Crippen LogP) is 11.6. The lowest BCUT2D eigenvalue weighted by atomic mass is 10.00. The van der Waals surface area contributed by atoms with Crippen LogP contribution in [-0.2, 0) is 39.4 Å². The molecule has 54 heavy (non-hydrogen) atoms. The summed E-state index contributed by atoms with van der Waals surface area (Å²) in [6.45, 7) is 21.9. The fourth-order valence-corrected chi connectivity index (χ4v) is 11.5. The summed E-state index contributed by atoms with van der Waals surface area (Å²) in [6.07, 6.45) is 21.6. The summed E-state index contributed by atoms with van der Waals surface area (Å²) in [4.78, 5) is 0. The number of unbranched alkanes of at least 4 members (excludes halogenated alkanes) is 12. The van der Waals surface area contributed by atoms with Crippen LogP contribution >= 0.6 is 0 Å². The van der Waals surface area contributed by atoms with Crippen molar-refractivity contribution < 1.29 is 26.6 Å². The third-order valence-electron chi connectivity index (χ3n) is 9.76. The summed E-state index contributed by atoms with van der Waals surface area (Å²) in [5.41, 5.74) is 3.64. The summed E-state index contributed by atoms with van der Waals surface area (Å²) >= 11 is 0. The zero-order valence-electron chi connectivity index (χ0n) is 35.7. The minimum atomic E-state index is -3.06. The van der Waals surface area contributed by atoms with E-state index in [1.807, 2.05) is 0 Å². The largest absolute Gasteiger partial charge is 0.537 e. The highest BCUT2D eigenvalue weighted by Gasteiger charge is 2.45. The van der Waals surface area contributed by atoms with Gasteiger partial charge in [0.2, 0.25) is 0 Å². The smallest absolute Gasteiger partial charge is 0.370 e. The lowest BCUT2D eigenvalue weighted by Gasteiger charge is -2.30. The maximum absolute atomic E-state index is 6.66. The summed E-state index contributed by atoms with van der Waals surface area (Å²) in [7, 11) is -6.11. The highest BCUT2D eigenvalue weighted by Crippen LogP contribution is 2.20. The summed E-state index contributed by atoms with van der Waals surface area (Å²) in [6, 6.07) is 17.6. The van der Waals surface area contributed by atoms with Crippen LogP contribution in [0.5, 0.6) is 0 Å². The van der Waals surface area contributed by atoms with E-state index in [-0.39, 0.29) is 0 Å². The quantitative estimate of drug-likeness (QED) is 0.0390. The molecule has 0 amide bonds. The van der Waals surface area contributed by atoms with Crippen molar-refractivity contribution in [3.63, 3.8) is 0 Å². The van der Waals surface area contributed by atoms with E-state index in [9.17, 15) is 0 Å². The molecule has 0 saturated heterocycles. The van der Waals surface area contributed by atoms with E-state index in [0.29, 0.717) is 39.6 Å². The Morgan fingerprint density at radius 2 is 0.593 bits per heavy atom. The second-order valence-electron chi connectivity index (χ2n) is 14.9. The molecule has 6 nitrogen and oxygen atoms in total. The van der Waals surface area contributed by atoms with Crippen molar-refractivity contribution in [2.75, 3.05) is 39.6 Å². The minimum absolute atomic E-state index is 0.670. The van der Waals surface area contributed by atoms with Crippen LogP contribution in [0.2, 0.25) is 0 Å². The van der Waals surface area contributed by atoms with Gasteiger partial charge in [0, 0.05) is 50.0 Å². The fourth-order valence-electron chi connectivity index (χ4n) is 6.39. The summed E-state index contributed by atoms with van der Waals surface area (Å²) in [5, 5.41) is 2.13. The molecule has 0 aromatic heterocycles. The molecular weight excluding hydrogens is 705 g/mol. The number of allylic oxidation sites excluding steroid dienone is 1. The van der Waals surface area contributed by atoms with Crippen molar-refractivity contribution in [3.8, 4) is 0 Å². The SMILES string of the molecule is C=C(Cc1ccc([Si](OCCCCC)(OCCCCC)OCCCCC)cc1)Cc1ccc([Si](OCCCCC)(OCCCCC)OCCCCC)cc1. The lowest BCUT2D eigenvalue weighted by Crippen LogP contribution is -2.57. The molecular formula is C46H80O6Si2. The Balaban J connectivity index is 2.22. The highest BCUT2D eigenvalue weighted by molar-refractivity contribution is 6.75. The van der Waals surface area contributed by atoms with E-state index < -0.39 is 17.6 Å². The van der Waals surface area contributed by atoms with Gasteiger partial charge < -0.3 is 26.6 Å². The molecule has 0 heterocycles. The van der Waals surface area contributed by atoms with Gasteiger partial charge in [-0.1, -0.05) is 179 Å². The lowest BCUT2D eigenvalue weighted by molar-refractivity contribution is 0.0685. The molecule has 2 aromatic carbocycles. The van der Waals surface area contributed by atoms with Crippen molar-refractivity contribution >= 4 is 28.0 Å².